The van der Waals surface area contributed by atoms with Crippen LogP contribution in [0.25, 0.3) is 11.0 Å². The molecule has 6 heteroatoms. The van der Waals surface area contributed by atoms with Gasteiger partial charge in [-0.25, -0.2) is 14.3 Å². The van der Waals surface area contributed by atoms with Gasteiger partial charge in [0, 0.05) is 36.3 Å². The predicted octanol–water partition coefficient (Wildman–Crippen LogP) is 4.98. The number of aromatic nitrogens is 2. The van der Waals surface area contributed by atoms with Crippen LogP contribution in [0, 0.1) is 11.8 Å². The molecule has 5 nitrogen and oxygen atoms in total. The van der Waals surface area contributed by atoms with E-state index in [1.807, 2.05) is 70.1 Å². The van der Waals surface area contributed by atoms with Gasteiger partial charge < -0.3 is 10.0 Å². The van der Waals surface area contributed by atoms with Crippen molar-refractivity contribution in [1.82, 2.24) is 9.55 Å². The van der Waals surface area contributed by atoms with Crippen molar-refractivity contribution in [2.75, 3.05) is 19.0 Å². The number of hydrogen-bond donors (Lipinski definition) is 1. The number of pyridine rings is 1. The van der Waals surface area contributed by atoms with E-state index in [2.05, 4.69) is 16.8 Å². The number of benzene rings is 1. The van der Waals surface area contributed by atoms with E-state index in [1.165, 1.54) is 0 Å². The Balaban J connectivity index is 2.25. The molecule has 0 aliphatic rings. The van der Waals surface area contributed by atoms with Crippen molar-refractivity contribution in [3.8, 4) is 11.8 Å². The Bertz CT molecular complexity index is 1110. The fraction of sp³-hybridized carbons (Fsp3) is 0.273. The first-order chi connectivity index (χ1) is 13.1. The third-order valence-electron chi connectivity index (χ3n) is 4.43. The summed E-state index contributed by atoms with van der Waals surface area (Å²) in [5.74, 6) is 6.18. The van der Waals surface area contributed by atoms with Gasteiger partial charge in [-0.1, -0.05) is 38.3 Å². The van der Waals surface area contributed by atoms with Gasteiger partial charge in [0.15, 0.2) is 5.65 Å². The Morgan fingerprint density at radius 1 is 1.11 bits per heavy atom. The molecule has 0 unspecified atom stereocenters. The highest BCUT2D eigenvalue weighted by atomic mass is 35.5. The maximum absolute atomic E-state index is 12.0. The Morgan fingerprint density at radius 3 is 2.29 bits per heavy atom. The molecule has 0 aliphatic carbocycles. The molecule has 144 valence electrons. The highest BCUT2D eigenvalue weighted by molar-refractivity contribution is 6.29. The number of hydrogen-bond acceptors (Lipinski definition) is 3. The lowest BCUT2D eigenvalue weighted by atomic mass is 9.85. The van der Waals surface area contributed by atoms with Crippen molar-refractivity contribution >= 4 is 34.4 Å². The Labute approximate surface area is 169 Å². The first kappa shape index (κ1) is 19.8. The van der Waals surface area contributed by atoms with Gasteiger partial charge in [0.05, 0.1) is 0 Å². The van der Waals surface area contributed by atoms with Crippen molar-refractivity contribution in [3.05, 3.63) is 58.4 Å². The van der Waals surface area contributed by atoms with Crippen molar-refractivity contribution in [3.63, 3.8) is 0 Å². The zero-order valence-corrected chi connectivity index (χ0v) is 17.3. The minimum Gasteiger partial charge on any atom is -0.464 e. The van der Waals surface area contributed by atoms with Crippen LogP contribution in [-0.4, -0.2) is 34.8 Å². The summed E-state index contributed by atoms with van der Waals surface area (Å²) in [6, 6.07) is 11.3. The molecule has 0 radical (unpaired) electrons. The average molecular weight is 396 g/mol. The molecule has 1 aromatic carbocycles. The maximum Gasteiger partial charge on any atom is 0.418 e. The predicted molar refractivity (Wildman–Crippen MR) is 114 cm³/mol. The Morgan fingerprint density at radius 2 is 1.75 bits per heavy atom. The lowest BCUT2D eigenvalue weighted by Crippen LogP contribution is -2.16. The number of rotatable bonds is 1. The van der Waals surface area contributed by atoms with Crippen LogP contribution in [-0.2, 0) is 5.41 Å². The molecule has 0 bridgehead atoms. The fourth-order valence-electron chi connectivity index (χ4n) is 3.17. The summed E-state index contributed by atoms with van der Waals surface area (Å²) < 4.78 is 1.13. The smallest absolute Gasteiger partial charge is 0.418 e. The lowest BCUT2D eigenvalue weighted by molar-refractivity contribution is 0.197. The highest BCUT2D eigenvalue weighted by Crippen LogP contribution is 2.35. The largest absolute Gasteiger partial charge is 0.464 e. The van der Waals surface area contributed by atoms with Crippen molar-refractivity contribution in [2.45, 2.75) is 26.2 Å². The molecule has 0 saturated heterocycles. The van der Waals surface area contributed by atoms with Crippen LogP contribution in [0.3, 0.4) is 0 Å². The minimum absolute atomic E-state index is 0.242. The molecule has 0 atom stereocenters. The first-order valence-electron chi connectivity index (χ1n) is 8.83. The van der Waals surface area contributed by atoms with E-state index in [9.17, 15) is 9.90 Å². The molecule has 1 N–H and O–H groups in total. The van der Waals surface area contributed by atoms with Crippen LogP contribution in [0.4, 0.5) is 10.5 Å². The third kappa shape index (κ3) is 3.69. The summed E-state index contributed by atoms with van der Waals surface area (Å²) in [4.78, 5) is 18.3. The number of anilines is 1. The first-order valence-corrected chi connectivity index (χ1v) is 9.21. The second kappa shape index (κ2) is 7.21. The molecule has 2 aromatic heterocycles. The lowest BCUT2D eigenvalue weighted by Gasteiger charge is -2.19. The van der Waals surface area contributed by atoms with Crippen molar-refractivity contribution in [2.24, 2.45) is 0 Å². The van der Waals surface area contributed by atoms with Gasteiger partial charge in [-0.15, -0.1) is 0 Å². The third-order valence-corrected chi connectivity index (χ3v) is 4.64. The second-order valence-corrected chi connectivity index (χ2v) is 8.18. The van der Waals surface area contributed by atoms with E-state index in [1.54, 1.807) is 6.07 Å². The monoisotopic (exact) mass is 395 g/mol. The number of halogens is 1. The van der Waals surface area contributed by atoms with Crippen molar-refractivity contribution in [1.29, 1.82) is 0 Å². The fourth-order valence-corrected chi connectivity index (χ4v) is 3.32. The molecule has 0 amide bonds. The quantitative estimate of drug-likeness (QED) is 0.466. The van der Waals surface area contributed by atoms with E-state index in [-0.39, 0.29) is 10.6 Å². The van der Waals surface area contributed by atoms with Gasteiger partial charge in [0.1, 0.15) is 10.8 Å². The standard InChI is InChI=1S/C22H22ClN3O2/c1-22(2,3)19-16-11-13-18(23)24-20(16)26(21(27)28)17(19)12-8-14-6-9-15(10-7-14)25(4)5/h6-7,9-11,13H,1-5H3,(H,27,28). The van der Waals surface area contributed by atoms with E-state index in [4.69, 9.17) is 11.6 Å². The summed E-state index contributed by atoms with van der Waals surface area (Å²) >= 11 is 6.03. The van der Waals surface area contributed by atoms with Crippen LogP contribution >= 0.6 is 11.6 Å². The summed E-state index contributed by atoms with van der Waals surface area (Å²) in [5, 5.41) is 10.8. The summed E-state index contributed by atoms with van der Waals surface area (Å²) in [7, 11) is 3.94. The number of fused-ring (bicyclic) bond motifs is 1. The van der Waals surface area contributed by atoms with Gasteiger partial charge in [-0.2, -0.15) is 0 Å². The van der Waals surface area contributed by atoms with Gasteiger partial charge in [0.2, 0.25) is 0 Å². The summed E-state index contributed by atoms with van der Waals surface area (Å²) in [6.07, 6.45) is -1.14. The van der Waals surface area contributed by atoms with Gasteiger partial charge in [0.25, 0.3) is 0 Å². The van der Waals surface area contributed by atoms with Crippen LogP contribution in [0.15, 0.2) is 36.4 Å². The molecule has 0 spiro atoms. The van der Waals surface area contributed by atoms with Crippen LogP contribution in [0.2, 0.25) is 5.15 Å². The van der Waals surface area contributed by atoms with E-state index < -0.39 is 6.09 Å². The van der Waals surface area contributed by atoms with Crippen LogP contribution in [0.5, 0.6) is 0 Å². The molecule has 0 aliphatic heterocycles. The number of nitrogens with zero attached hydrogens (tertiary/aromatic N) is 3. The van der Waals surface area contributed by atoms with E-state index in [0.717, 1.165) is 26.8 Å². The molecular formula is C22H22ClN3O2. The van der Waals surface area contributed by atoms with Crippen molar-refractivity contribution < 1.29 is 9.90 Å². The average Bonchev–Trinajstić information content (AvgIpc) is 2.93. The van der Waals surface area contributed by atoms with Crippen LogP contribution in [0.1, 0.15) is 37.6 Å². The van der Waals surface area contributed by atoms with Gasteiger partial charge in [-0.05, 0) is 47.7 Å². The second-order valence-electron chi connectivity index (χ2n) is 7.79. The molecule has 3 rings (SSSR count). The topological polar surface area (TPSA) is 58.4 Å². The molecule has 28 heavy (non-hydrogen) atoms. The van der Waals surface area contributed by atoms with Gasteiger partial charge in [-0.3, -0.25) is 0 Å². The maximum atomic E-state index is 12.0. The number of carbonyl (C=O) groups is 1. The highest BCUT2D eigenvalue weighted by Gasteiger charge is 2.28. The summed E-state index contributed by atoms with van der Waals surface area (Å²) in [5.41, 5.74) is 3.11. The Kier molecular flexibility index (Phi) is 5.10. The minimum atomic E-state index is -1.14. The Hall–Kier alpha value is -2.97. The zero-order valence-electron chi connectivity index (χ0n) is 16.5. The van der Waals surface area contributed by atoms with E-state index >= 15 is 0 Å². The van der Waals surface area contributed by atoms with Gasteiger partial charge >= 0.3 is 6.09 Å². The molecule has 0 fully saturated rings. The SMILES string of the molecule is CN(C)c1ccc(C#Cc2c(C(C)(C)C)c3ccc(Cl)nc3n2C(=O)O)cc1. The normalized spacial score (nSPS) is 11.2. The molecule has 3 aromatic rings. The van der Waals surface area contributed by atoms with E-state index in [0.29, 0.717) is 11.3 Å². The molecule has 0 saturated carbocycles. The summed E-state index contributed by atoms with van der Waals surface area (Å²) in [6.45, 7) is 6.08. The zero-order chi connectivity index (χ0) is 20.6. The molecule has 2 heterocycles. The molecular weight excluding hydrogens is 374 g/mol. The van der Waals surface area contributed by atoms with Crippen LogP contribution < -0.4 is 4.90 Å². The number of carboxylic acid groups (broad SMARTS) is 1.